The first-order chi connectivity index (χ1) is 8.56. The van der Waals surface area contributed by atoms with Crippen LogP contribution in [-0.2, 0) is 15.9 Å². The highest BCUT2D eigenvalue weighted by Gasteiger charge is 2.16. The number of benzene rings is 1. The Balaban J connectivity index is 2.54. The van der Waals surface area contributed by atoms with Crippen molar-refractivity contribution in [3.63, 3.8) is 0 Å². The van der Waals surface area contributed by atoms with Gasteiger partial charge in [-0.1, -0.05) is 0 Å². The Bertz CT molecular complexity index is 388. The lowest BCUT2D eigenvalue weighted by Crippen LogP contribution is -2.21. The summed E-state index contributed by atoms with van der Waals surface area (Å²) in [6.45, 7) is 0.748. The van der Waals surface area contributed by atoms with E-state index in [2.05, 4.69) is 15.9 Å². The number of aliphatic hydroxyl groups is 1. The largest absolute Gasteiger partial charge is 0.390 e. The van der Waals surface area contributed by atoms with Crippen molar-refractivity contribution in [2.24, 2.45) is 0 Å². The Hall–Kier alpha value is -0.560. The van der Waals surface area contributed by atoms with Gasteiger partial charge in [0.05, 0.1) is 30.4 Å². The molecule has 0 aliphatic rings. The van der Waals surface area contributed by atoms with Crippen molar-refractivity contribution in [2.45, 2.75) is 12.5 Å². The molecule has 1 rings (SSSR count). The number of ether oxygens (including phenoxy) is 2. The van der Waals surface area contributed by atoms with Crippen molar-refractivity contribution >= 4 is 15.9 Å². The third-order valence-corrected chi connectivity index (χ3v) is 2.93. The van der Waals surface area contributed by atoms with Crippen molar-refractivity contribution in [1.29, 1.82) is 0 Å². The molecule has 0 aromatic heterocycles. The van der Waals surface area contributed by atoms with E-state index < -0.39 is 17.7 Å². The average molecular weight is 325 g/mol. The van der Waals surface area contributed by atoms with Gasteiger partial charge < -0.3 is 14.6 Å². The van der Waals surface area contributed by atoms with Crippen molar-refractivity contribution in [1.82, 2.24) is 0 Å². The fourth-order valence-corrected chi connectivity index (χ4v) is 1.78. The summed E-state index contributed by atoms with van der Waals surface area (Å²) in [7, 11) is 1.53. The Labute approximate surface area is 113 Å². The first-order valence-electron chi connectivity index (χ1n) is 5.43. The maximum absolute atomic E-state index is 13.6. The van der Waals surface area contributed by atoms with Gasteiger partial charge in [0.1, 0.15) is 11.6 Å². The first kappa shape index (κ1) is 15.5. The van der Waals surface area contributed by atoms with Crippen LogP contribution < -0.4 is 0 Å². The summed E-state index contributed by atoms with van der Waals surface area (Å²) in [5.41, 5.74) is -0.146. The summed E-state index contributed by atoms with van der Waals surface area (Å²) < 4.78 is 37.0. The molecule has 1 aromatic carbocycles. The van der Waals surface area contributed by atoms with E-state index in [-0.39, 0.29) is 23.1 Å². The minimum atomic E-state index is -0.958. The van der Waals surface area contributed by atoms with E-state index in [1.165, 1.54) is 13.2 Å². The number of halogens is 3. The first-order valence-corrected chi connectivity index (χ1v) is 6.22. The number of hydrogen-bond acceptors (Lipinski definition) is 3. The van der Waals surface area contributed by atoms with Gasteiger partial charge in [0.2, 0.25) is 0 Å². The van der Waals surface area contributed by atoms with Crippen LogP contribution >= 0.6 is 15.9 Å². The van der Waals surface area contributed by atoms with E-state index in [0.717, 1.165) is 6.07 Å². The molecule has 0 fully saturated rings. The van der Waals surface area contributed by atoms with E-state index in [0.29, 0.717) is 13.2 Å². The Morgan fingerprint density at radius 2 is 2.06 bits per heavy atom. The topological polar surface area (TPSA) is 38.7 Å². The van der Waals surface area contributed by atoms with E-state index in [9.17, 15) is 13.9 Å². The van der Waals surface area contributed by atoms with Crippen LogP contribution in [0.1, 0.15) is 5.56 Å². The molecule has 0 radical (unpaired) electrons. The molecule has 0 spiro atoms. The van der Waals surface area contributed by atoms with E-state index in [4.69, 9.17) is 9.47 Å². The molecule has 6 heteroatoms. The van der Waals surface area contributed by atoms with Gasteiger partial charge in [-0.3, -0.25) is 0 Å². The standard InChI is InChI=1S/C12H15BrF2O3/c1-17-4-5-18-7-8(16)6-9-11(14)3-2-10(13)12(9)15/h2-3,8,16H,4-7H2,1H3. The molecule has 3 nitrogen and oxygen atoms in total. The molecule has 1 N–H and O–H groups in total. The molecule has 1 aromatic rings. The Morgan fingerprint density at radius 3 is 2.72 bits per heavy atom. The predicted octanol–water partition coefficient (Wildman–Crippen LogP) is 2.29. The van der Waals surface area contributed by atoms with Gasteiger partial charge in [-0.15, -0.1) is 0 Å². The van der Waals surface area contributed by atoms with Gasteiger partial charge in [-0.2, -0.15) is 0 Å². The van der Waals surface area contributed by atoms with Crippen LogP contribution in [0.15, 0.2) is 16.6 Å². The SMILES string of the molecule is COCCOCC(O)Cc1c(F)ccc(Br)c1F. The molecule has 18 heavy (non-hydrogen) atoms. The Kier molecular flexibility index (Phi) is 6.70. The second-order valence-corrected chi connectivity index (χ2v) is 4.60. The molecule has 0 heterocycles. The zero-order chi connectivity index (χ0) is 13.5. The van der Waals surface area contributed by atoms with E-state index >= 15 is 0 Å². The zero-order valence-electron chi connectivity index (χ0n) is 9.96. The van der Waals surface area contributed by atoms with Crippen molar-refractivity contribution in [3.8, 4) is 0 Å². The lowest BCUT2D eigenvalue weighted by atomic mass is 10.1. The van der Waals surface area contributed by atoms with Crippen LogP contribution in [0.4, 0.5) is 8.78 Å². The number of aliphatic hydroxyl groups excluding tert-OH is 1. The minimum absolute atomic E-state index is 0.00868. The van der Waals surface area contributed by atoms with Crippen molar-refractivity contribution in [3.05, 3.63) is 33.8 Å². The van der Waals surface area contributed by atoms with Crippen molar-refractivity contribution < 1.29 is 23.4 Å². The molecule has 0 bridgehead atoms. The van der Waals surface area contributed by atoms with Gasteiger partial charge >= 0.3 is 0 Å². The average Bonchev–Trinajstić information content (AvgIpc) is 2.35. The molecule has 1 atom stereocenters. The van der Waals surface area contributed by atoms with Gasteiger partial charge in [-0.25, -0.2) is 8.78 Å². The summed E-state index contributed by atoms with van der Waals surface area (Å²) in [6, 6.07) is 2.44. The van der Waals surface area contributed by atoms with E-state index in [1.807, 2.05) is 0 Å². The highest BCUT2D eigenvalue weighted by Crippen LogP contribution is 2.22. The monoisotopic (exact) mass is 324 g/mol. The third kappa shape index (κ3) is 4.61. The van der Waals surface area contributed by atoms with Crippen LogP contribution in [0.5, 0.6) is 0 Å². The summed E-state index contributed by atoms with van der Waals surface area (Å²) in [5, 5.41) is 9.63. The summed E-state index contributed by atoms with van der Waals surface area (Å²) in [6.07, 6.45) is -1.09. The second kappa shape index (κ2) is 7.78. The van der Waals surface area contributed by atoms with Crippen LogP contribution in [0.2, 0.25) is 0 Å². The number of methoxy groups -OCH3 is 1. The maximum Gasteiger partial charge on any atom is 0.143 e. The van der Waals surface area contributed by atoms with Gasteiger partial charge in [0, 0.05) is 19.1 Å². The lowest BCUT2D eigenvalue weighted by Gasteiger charge is -2.13. The maximum atomic E-state index is 13.6. The minimum Gasteiger partial charge on any atom is -0.390 e. The number of rotatable bonds is 7. The van der Waals surface area contributed by atoms with Crippen LogP contribution in [0, 0.1) is 11.6 Å². The molecule has 102 valence electrons. The highest BCUT2D eigenvalue weighted by atomic mass is 79.9. The molecule has 0 saturated carbocycles. The predicted molar refractivity (Wildman–Crippen MR) is 66.5 cm³/mol. The summed E-state index contributed by atoms with van der Waals surface area (Å²) in [4.78, 5) is 0. The van der Waals surface area contributed by atoms with Crippen LogP contribution in [-0.4, -0.2) is 38.1 Å². The highest BCUT2D eigenvalue weighted by molar-refractivity contribution is 9.10. The van der Waals surface area contributed by atoms with Crippen molar-refractivity contribution in [2.75, 3.05) is 26.9 Å². The molecule has 0 saturated heterocycles. The van der Waals surface area contributed by atoms with Gasteiger partial charge in [0.25, 0.3) is 0 Å². The van der Waals surface area contributed by atoms with Crippen LogP contribution in [0.3, 0.4) is 0 Å². The zero-order valence-corrected chi connectivity index (χ0v) is 11.5. The third-order valence-electron chi connectivity index (χ3n) is 2.32. The van der Waals surface area contributed by atoms with Crippen LogP contribution in [0.25, 0.3) is 0 Å². The van der Waals surface area contributed by atoms with Gasteiger partial charge in [0.15, 0.2) is 0 Å². The molecular formula is C12H15BrF2O3. The molecule has 0 aliphatic carbocycles. The summed E-state index contributed by atoms with van der Waals surface area (Å²) >= 11 is 2.97. The lowest BCUT2D eigenvalue weighted by molar-refractivity contribution is 0.0131. The normalized spacial score (nSPS) is 12.7. The summed E-state index contributed by atoms with van der Waals surface area (Å²) in [5.74, 6) is -1.36. The molecule has 0 amide bonds. The molecule has 1 unspecified atom stereocenters. The number of hydrogen-bond donors (Lipinski definition) is 1. The fraction of sp³-hybridized carbons (Fsp3) is 0.500. The fourth-order valence-electron chi connectivity index (χ4n) is 1.41. The quantitative estimate of drug-likeness (QED) is 0.618. The van der Waals surface area contributed by atoms with Gasteiger partial charge in [-0.05, 0) is 28.1 Å². The van der Waals surface area contributed by atoms with E-state index in [1.54, 1.807) is 0 Å². The molecular weight excluding hydrogens is 310 g/mol. The second-order valence-electron chi connectivity index (χ2n) is 3.75. The molecule has 0 aliphatic heterocycles. The smallest absolute Gasteiger partial charge is 0.143 e. The Morgan fingerprint density at radius 1 is 1.33 bits per heavy atom.